The number of hydrogen-bond donors (Lipinski definition) is 1. The van der Waals surface area contributed by atoms with Crippen LogP contribution in [0.1, 0.15) is 70.3 Å². The van der Waals surface area contributed by atoms with E-state index in [0.29, 0.717) is 10.0 Å². The summed E-state index contributed by atoms with van der Waals surface area (Å²) in [6.45, 7) is 3.93. The van der Waals surface area contributed by atoms with E-state index in [2.05, 4.69) is 13.0 Å². The van der Waals surface area contributed by atoms with Gasteiger partial charge in [-0.1, -0.05) is 61.9 Å². The van der Waals surface area contributed by atoms with Gasteiger partial charge in [0.1, 0.15) is 0 Å². The monoisotopic (exact) mass is 371 g/mol. The van der Waals surface area contributed by atoms with Gasteiger partial charge in [0, 0.05) is 24.7 Å². The van der Waals surface area contributed by atoms with Crippen molar-refractivity contribution in [2.24, 2.45) is 5.73 Å². The van der Waals surface area contributed by atoms with Crippen LogP contribution >= 0.6 is 23.2 Å². The summed E-state index contributed by atoms with van der Waals surface area (Å²) >= 11 is 12.3. The van der Waals surface area contributed by atoms with Crippen molar-refractivity contribution in [3.63, 3.8) is 0 Å². The van der Waals surface area contributed by atoms with Gasteiger partial charge in [0.2, 0.25) is 0 Å². The molecule has 1 unspecified atom stereocenters. The van der Waals surface area contributed by atoms with Crippen LogP contribution in [-0.2, 0) is 10.2 Å². The van der Waals surface area contributed by atoms with Crippen molar-refractivity contribution in [1.29, 1.82) is 0 Å². The summed E-state index contributed by atoms with van der Waals surface area (Å²) in [6, 6.07) is 6.16. The van der Waals surface area contributed by atoms with Crippen LogP contribution in [0.25, 0.3) is 0 Å². The van der Waals surface area contributed by atoms with Gasteiger partial charge in [-0.05, 0) is 49.8 Å². The van der Waals surface area contributed by atoms with E-state index in [1.54, 1.807) is 0 Å². The maximum absolute atomic E-state index is 6.58. The molecule has 1 aliphatic rings. The van der Waals surface area contributed by atoms with Crippen LogP contribution in [-0.4, -0.2) is 19.3 Å². The standard InChI is InChI=1S/C20H31Cl2NO/c1-2-3-4-5-13-24-14-6-8-19(23)20(11-7-12-20)16-9-10-17(21)18(22)15-16/h9-10,15,19H,2-8,11-14,23H2,1H3. The molecule has 0 heterocycles. The Bertz CT molecular complexity index is 502. The summed E-state index contributed by atoms with van der Waals surface area (Å²) in [6.07, 6.45) is 10.6. The number of nitrogens with two attached hydrogens (primary N) is 1. The molecule has 0 amide bonds. The molecule has 0 aromatic heterocycles. The Hall–Kier alpha value is -0.280. The SMILES string of the molecule is CCCCCCOCCCC(N)C1(c2ccc(Cl)c(Cl)c2)CCC1. The fraction of sp³-hybridized carbons (Fsp3) is 0.700. The molecule has 1 aromatic rings. The van der Waals surface area contributed by atoms with E-state index in [4.69, 9.17) is 33.7 Å². The average Bonchev–Trinajstić information content (AvgIpc) is 2.52. The second kappa shape index (κ2) is 10.0. The number of benzene rings is 1. The van der Waals surface area contributed by atoms with Gasteiger partial charge in [-0.3, -0.25) is 0 Å². The number of ether oxygens (including phenoxy) is 1. The lowest BCUT2D eigenvalue weighted by atomic mass is 9.59. The Labute approximate surface area is 157 Å². The van der Waals surface area contributed by atoms with E-state index in [1.165, 1.54) is 37.7 Å². The molecule has 0 saturated heterocycles. The highest BCUT2D eigenvalue weighted by Crippen LogP contribution is 2.47. The zero-order chi connectivity index (χ0) is 17.4. The maximum Gasteiger partial charge on any atom is 0.0595 e. The second-order valence-electron chi connectivity index (χ2n) is 7.06. The predicted octanol–water partition coefficient (Wildman–Crippen LogP) is 6.12. The molecule has 1 aromatic carbocycles. The Morgan fingerprint density at radius 2 is 1.83 bits per heavy atom. The third-order valence-corrected chi connectivity index (χ3v) is 6.14. The number of rotatable bonds is 11. The van der Waals surface area contributed by atoms with Crippen molar-refractivity contribution in [2.75, 3.05) is 13.2 Å². The van der Waals surface area contributed by atoms with Crippen LogP contribution in [0.2, 0.25) is 10.0 Å². The lowest BCUT2D eigenvalue weighted by Crippen LogP contribution is -2.50. The fourth-order valence-corrected chi connectivity index (χ4v) is 3.95. The van der Waals surface area contributed by atoms with Crippen molar-refractivity contribution in [3.8, 4) is 0 Å². The highest BCUT2D eigenvalue weighted by atomic mass is 35.5. The summed E-state index contributed by atoms with van der Waals surface area (Å²) in [5, 5.41) is 1.24. The van der Waals surface area contributed by atoms with Gasteiger partial charge in [-0.2, -0.15) is 0 Å². The molecule has 0 radical (unpaired) electrons. The van der Waals surface area contributed by atoms with Crippen molar-refractivity contribution >= 4 is 23.2 Å². The molecule has 1 fully saturated rings. The van der Waals surface area contributed by atoms with E-state index >= 15 is 0 Å². The molecular weight excluding hydrogens is 341 g/mol. The summed E-state index contributed by atoms with van der Waals surface area (Å²) in [7, 11) is 0. The molecular formula is C20H31Cl2NO. The third-order valence-electron chi connectivity index (χ3n) is 5.40. The van der Waals surface area contributed by atoms with Crippen LogP contribution in [0.4, 0.5) is 0 Å². The number of hydrogen-bond acceptors (Lipinski definition) is 2. The van der Waals surface area contributed by atoms with Crippen molar-refractivity contribution in [2.45, 2.75) is 76.2 Å². The van der Waals surface area contributed by atoms with Crippen molar-refractivity contribution in [3.05, 3.63) is 33.8 Å². The number of unbranched alkanes of at least 4 members (excludes halogenated alkanes) is 3. The summed E-state index contributed by atoms with van der Waals surface area (Å²) < 4.78 is 5.74. The topological polar surface area (TPSA) is 35.2 Å². The Morgan fingerprint density at radius 3 is 2.46 bits per heavy atom. The maximum atomic E-state index is 6.58. The molecule has 0 bridgehead atoms. The molecule has 2 rings (SSSR count). The Balaban J connectivity index is 1.77. The summed E-state index contributed by atoms with van der Waals surface area (Å²) in [5.41, 5.74) is 7.91. The van der Waals surface area contributed by atoms with Crippen LogP contribution < -0.4 is 5.73 Å². The van der Waals surface area contributed by atoms with Gasteiger partial charge >= 0.3 is 0 Å². The minimum absolute atomic E-state index is 0.0787. The van der Waals surface area contributed by atoms with Crippen LogP contribution in [0.3, 0.4) is 0 Å². The quantitative estimate of drug-likeness (QED) is 0.475. The van der Waals surface area contributed by atoms with Gasteiger partial charge in [0.25, 0.3) is 0 Å². The van der Waals surface area contributed by atoms with E-state index in [0.717, 1.165) is 38.9 Å². The van der Waals surface area contributed by atoms with Gasteiger partial charge in [0.05, 0.1) is 10.0 Å². The Kier molecular flexibility index (Phi) is 8.36. The molecule has 136 valence electrons. The molecule has 0 aliphatic heterocycles. The molecule has 0 spiro atoms. The molecule has 24 heavy (non-hydrogen) atoms. The van der Waals surface area contributed by atoms with E-state index < -0.39 is 0 Å². The fourth-order valence-electron chi connectivity index (χ4n) is 3.65. The molecule has 1 saturated carbocycles. The normalized spacial score (nSPS) is 17.5. The molecule has 2 nitrogen and oxygen atoms in total. The van der Waals surface area contributed by atoms with E-state index in [9.17, 15) is 0 Å². The average molecular weight is 372 g/mol. The molecule has 4 heteroatoms. The third kappa shape index (κ3) is 5.11. The first-order valence-corrected chi connectivity index (χ1v) is 10.1. The molecule has 1 atom stereocenters. The van der Waals surface area contributed by atoms with Crippen LogP contribution in [0.5, 0.6) is 0 Å². The summed E-state index contributed by atoms with van der Waals surface area (Å²) in [5.74, 6) is 0. The van der Waals surface area contributed by atoms with E-state index in [1.807, 2.05) is 12.1 Å². The predicted molar refractivity (Wildman–Crippen MR) is 104 cm³/mol. The van der Waals surface area contributed by atoms with Crippen molar-refractivity contribution in [1.82, 2.24) is 0 Å². The van der Waals surface area contributed by atoms with Crippen LogP contribution in [0, 0.1) is 0 Å². The van der Waals surface area contributed by atoms with E-state index in [-0.39, 0.29) is 11.5 Å². The highest BCUT2D eigenvalue weighted by Gasteiger charge is 2.43. The number of halogens is 2. The lowest BCUT2D eigenvalue weighted by molar-refractivity contribution is 0.116. The first-order chi connectivity index (χ1) is 11.6. The Morgan fingerprint density at radius 1 is 1.08 bits per heavy atom. The van der Waals surface area contributed by atoms with Gasteiger partial charge in [-0.25, -0.2) is 0 Å². The van der Waals surface area contributed by atoms with Gasteiger partial charge < -0.3 is 10.5 Å². The van der Waals surface area contributed by atoms with Gasteiger partial charge in [0.15, 0.2) is 0 Å². The van der Waals surface area contributed by atoms with Crippen LogP contribution in [0.15, 0.2) is 18.2 Å². The minimum atomic E-state index is 0.0787. The lowest BCUT2D eigenvalue weighted by Gasteiger charge is -2.47. The largest absolute Gasteiger partial charge is 0.381 e. The molecule has 2 N–H and O–H groups in total. The summed E-state index contributed by atoms with van der Waals surface area (Å²) in [4.78, 5) is 0. The van der Waals surface area contributed by atoms with Gasteiger partial charge in [-0.15, -0.1) is 0 Å². The first-order valence-electron chi connectivity index (χ1n) is 9.39. The van der Waals surface area contributed by atoms with Crippen molar-refractivity contribution < 1.29 is 4.74 Å². The molecule has 1 aliphatic carbocycles. The zero-order valence-corrected chi connectivity index (χ0v) is 16.3. The smallest absolute Gasteiger partial charge is 0.0595 e. The highest BCUT2D eigenvalue weighted by molar-refractivity contribution is 6.42. The minimum Gasteiger partial charge on any atom is -0.381 e. The zero-order valence-electron chi connectivity index (χ0n) is 14.8. The second-order valence-corrected chi connectivity index (χ2v) is 7.87. The first kappa shape index (κ1) is 20.0.